The van der Waals surface area contributed by atoms with E-state index in [1.165, 1.54) is 0 Å². The Bertz CT molecular complexity index is 787. The van der Waals surface area contributed by atoms with E-state index in [9.17, 15) is 14.5 Å². The molecule has 8 nitrogen and oxygen atoms in total. The fraction of sp³-hybridized carbons (Fsp3) is 0.391. The molecule has 1 fully saturated rings. The number of hydrogen-bond acceptors (Lipinski definition) is 4. The molecule has 0 aromatic heterocycles. The SMILES string of the molecule is CC1CCC(NC(=O)N(CCCl)N=O)CC1.O=C(Nc1ccccc1)Nc1ccccc1. The van der Waals surface area contributed by atoms with Crippen LogP contribution < -0.4 is 16.0 Å². The van der Waals surface area contributed by atoms with Gasteiger partial charge in [0.2, 0.25) is 0 Å². The first-order chi connectivity index (χ1) is 15.5. The Morgan fingerprint density at radius 2 is 1.44 bits per heavy atom. The quantitative estimate of drug-likeness (QED) is 0.287. The summed E-state index contributed by atoms with van der Waals surface area (Å²) >= 11 is 5.46. The number of rotatable bonds is 6. The number of anilines is 2. The third-order valence-electron chi connectivity index (χ3n) is 5.04. The van der Waals surface area contributed by atoms with Gasteiger partial charge in [0, 0.05) is 23.3 Å². The zero-order chi connectivity index (χ0) is 23.2. The number of alkyl halides is 1. The van der Waals surface area contributed by atoms with Crippen LogP contribution >= 0.6 is 11.6 Å². The van der Waals surface area contributed by atoms with Crippen molar-refractivity contribution in [3.8, 4) is 0 Å². The van der Waals surface area contributed by atoms with Crippen LogP contribution in [0.4, 0.5) is 21.0 Å². The summed E-state index contributed by atoms with van der Waals surface area (Å²) in [5.74, 6) is 0.942. The van der Waals surface area contributed by atoms with Crippen molar-refractivity contribution in [1.29, 1.82) is 0 Å². The van der Waals surface area contributed by atoms with Gasteiger partial charge < -0.3 is 16.0 Å². The molecule has 0 aliphatic heterocycles. The van der Waals surface area contributed by atoms with Crippen LogP contribution in [0.2, 0.25) is 0 Å². The second-order valence-electron chi connectivity index (χ2n) is 7.61. The van der Waals surface area contributed by atoms with Crippen LogP contribution in [-0.4, -0.2) is 35.5 Å². The molecular formula is C23H30ClN5O3. The van der Waals surface area contributed by atoms with E-state index in [2.05, 4.69) is 28.2 Å². The molecule has 0 saturated heterocycles. The maximum Gasteiger partial charge on any atom is 0.340 e. The zero-order valence-corrected chi connectivity index (χ0v) is 18.9. The minimum absolute atomic E-state index is 0.153. The van der Waals surface area contributed by atoms with Gasteiger partial charge in [-0.15, -0.1) is 16.5 Å². The average molecular weight is 460 g/mol. The molecule has 0 bridgehead atoms. The fourth-order valence-corrected chi connectivity index (χ4v) is 3.41. The summed E-state index contributed by atoms with van der Waals surface area (Å²) in [5.41, 5.74) is 1.55. The van der Waals surface area contributed by atoms with Gasteiger partial charge in [-0.2, -0.15) is 5.01 Å². The first kappa shape index (κ1) is 25.1. The van der Waals surface area contributed by atoms with Gasteiger partial charge in [-0.05, 0) is 55.9 Å². The minimum Gasteiger partial charge on any atom is -0.334 e. The predicted octanol–water partition coefficient (Wildman–Crippen LogP) is 5.83. The number of urea groups is 2. The van der Waals surface area contributed by atoms with Crippen LogP contribution in [-0.2, 0) is 0 Å². The van der Waals surface area contributed by atoms with Crippen molar-refractivity contribution in [2.75, 3.05) is 23.1 Å². The van der Waals surface area contributed by atoms with Crippen LogP contribution in [0.25, 0.3) is 0 Å². The van der Waals surface area contributed by atoms with Crippen molar-refractivity contribution in [1.82, 2.24) is 10.3 Å². The van der Waals surface area contributed by atoms with E-state index in [-0.39, 0.29) is 24.5 Å². The average Bonchev–Trinajstić information content (AvgIpc) is 2.80. The van der Waals surface area contributed by atoms with Crippen molar-refractivity contribution >= 4 is 35.0 Å². The highest BCUT2D eigenvalue weighted by Crippen LogP contribution is 2.23. The van der Waals surface area contributed by atoms with Gasteiger partial charge in [0.25, 0.3) is 0 Å². The summed E-state index contributed by atoms with van der Waals surface area (Å²) in [5, 5.41) is 11.8. The van der Waals surface area contributed by atoms with Crippen LogP contribution in [0, 0.1) is 10.8 Å². The summed E-state index contributed by atoms with van der Waals surface area (Å²) in [4.78, 5) is 33.5. The highest BCUT2D eigenvalue weighted by Gasteiger charge is 2.22. The van der Waals surface area contributed by atoms with Crippen molar-refractivity contribution in [2.24, 2.45) is 11.2 Å². The number of amides is 4. The molecule has 2 aromatic carbocycles. The Kier molecular flexibility index (Phi) is 11.0. The van der Waals surface area contributed by atoms with E-state index >= 15 is 0 Å². The molecule has 0 unspecified atom stereocenters. The summed E-state index contributed by atoms with van der Waals surface area (Å²) in [7, 11) is 0. The van der Waals surface area contributed by atoms with E-state index in [1.807, 2.05) is 60.7 Å². The van der Waals surface area contributed by atoms with E-state index in [4.69, 9.17) is 11.6 Å². The van der Waals surface area contributed by atoms with Gasteiger partial charge >= 0.3 is 12.1 Å². The number of carbonyl (C=O) groups excluding carboxylic acids is 2. The monoisotopic (exact) mass is 459 g/mol. The molecule has 9 heteroatoms. The zero-order valence-electron chi connectivity index (χ0n) is 18.2. The molecule has 1 aliphatic carbocycles. The Morgan fingerprint density at radius 1 is 0.938 bits per heavy atom. The van der Waals surface area contributed by atoms with Crippen molar-refractivity contribution in [3.05, 3.63) is 65.6 Å². The highest BCUT2D eigenvalue weighted by atomic mass is 35.5. The second-order valence-corrected chi connectivity index (χ2v) is 7.99. The molecule has 2 aromatic rings. The lowest BCUT2D eigenvalue weighted by atomic mass is 9.87. The van der Waals surface area contributed by atoms with E-state index in [0.717, 1.165) is 48.0 Å². The van der Waals surface area contributed by atoms with Gasteiger partial charge in [0.1, 0.15) is 0 Å². The van der Waals surface area contributed by atoms with Gasteiger partial charge in [-0.3, -0.25) is 0 Å². The largest absolute Gasteiger partial charge is 0.340 e. The summed E-state index contributed by atoms with van der Waals surface area (Å²) < 4.78 is 0. The van der Waals surface area contributed by atoms with Crippen molar-refractivity contribution < 1.29 is 9.59 Å². The van der Waals surface area contributed by atoms with Gasteiger partial charge in [0.05, 0.1) is 11.8 Å². The number of carbonyl (C=O) groups is 2. The normalized spacial score (nSPS) is 17.2. The number of para-hydroxylation sites is 2. The van der Waals surface area contributed by atoms with E-state index < -0.39 is 6.03 Å². The van der Waals surface area contributed by atoms with Gasteiger partial charge in [-0.1, -0.05) is 43.3 Å². The van der Waals surface area contributed by atoms with Gasteiger partial charge in [0.15, 0.2) is 0 Å². The Balaban J connectivity index is 0.000000227. The number of hydrogen-bond donors (Lipinski definition) is 3. The van der Waals surface area contributed by atoms with Crippen LogP contribution in [0.5, 0.6) is 0 Å². The lowest BCUT2D eigenvalue weighted by Crippen LogP contribution is -2.44. The van der Waals surface area contributed by atoms with Crippen LogP contribution in [0.15, 0.2) is 65.9 Å². The number of nitrogens with zero attached hydrogens (tertiary/aromatic N) is 2. The molecule has 0 radical (unpaired) electrons. The molecule has 1 saturated carbocycles. The summed E-state index contributed by atoms with van der Waals surface area (Å²) in [6.07, 6.45) is 4.19. The van der Waals surface area contributed by atoms with E-state index in [1.54, 1.807) is 0 Å². The highest BCUT2D eigenvalue weighted by molar-refractivity contribution is 6.18. The second kappa shape index (κ2) is 14.0. The smallest absolute Gasteiger partial charge is 0.334 e. The molecule has 0 heterocycles. The summed E-state index contributed by atoms with van der Waals surface area (Å²) in [6, 6.07) is 18.1. The Hall–Kier alpha value is -3.13. The molecule has 32 heavy (non-hydrogen) atoms. The number of nitrogens with one attached hydrogen (secondary N) is 3. The molecule has 172 valence electrons. The third-order valence-corrected chi connectivity index (χ3v) is 5.21. The topological polar surface area (TPSA) is 103 Å². The van der Waals surface area contributed by atoms with Crippen LogP contribution in [0.1, 0.15) is 32.6 Å². The van der Waals surface area contributed by atoms with Crippen molar-refractivity contribution in [3.63, 3.8) is 0 Å². The first-order valence-electron chi connectivity index (χ1n) is 10.7. The minimum atomic E-state index is -0.435. The van der Waals surface area contributed by atoms with Gasteiger partial charge in [-0.25, -0.2) is 9.59 Å². The maximum atomic E-state index is 11.6. The maximum absolute atomic E-state index is 11.6. The summed E-state index contributed by atoms with van der Waals surface area (Å²) in [6.45, 7) is 2.37. The standard InChI is InChI=1S/C13H12N2O.C10H18ClN3O2/c16-13(14-11-7-3-1-4-8-11)15-12-9-5-2-6-10-12;1-8-2-4-9(5-3-8)12-10(15)14(13-16)7-6-11/h1-10H,(H2,14,15,16);8-9H,2-7H2,1H3,(H,12,15). The molecular weight excluding hydrogens is 430 g/mol. The predicted molar refractivity (Wildman–Crippen MR) is 129 cm³/mol. The fourth-order valence-electron chi connectivity index (χ4n) is 3.25. The number of halogens is 1. The molecule has 0 spiro atoms. The molecule has 3 rings (SSSR count). The number of benzene rings is 2. The molecule has 0 atom stereocenters. The lowest BCUT2D eigenvalue weighted by Gasteiger charge is -2.27. The number of nitroso groups, excluding NO2 is 1. The molecule has 3 N–H and O–H groups in total. The van der Waals surface area contributed by atoms with E-state index in [0.29, 0.717) is 0 Å². The van der Waals surface area contributed by atoms with Crippen LogP contribution in [0.3, 0.4) is 0 Å². The Labute approximate surface area is 193 Å². The first-order valence-corrected chi connectivity index (χ1v) is 11.2. The van der Waals surface area contributed by atoms with Crippen molar-refractivity contribution in [2.45, 2.75) is 38.6 Å². The molecule has 4 amide bonds. The Morgan fingerprint density at radius 3 is 1.88 bits per heavy atom. The third kappa shape index (κ3) is 9.34. The lowest BCUT2D eigenvalue weighted by molar-refractivity contribution is 0.191. The molecule has 1 aliphatic rings.